The van der Waals surface area contributed by atoms with Gasteiger partial charge in [-0.15, -0.1) is 0 Å². The highest BCUT2D eigenvalue weighted by molar-refractivity contribution is 5.84. The van der Waals surface area contributed by atoms with Crippen molar-refractivity contribution < 1.29 is 18.3 Å². The van der Waals surface area contributed by atoms with Crippen LogP contribution in [0.5, 0.6) is 5.75 Å². The molecule has 5 rings (SSSR count). The molecule has 3 aromatic rings. The lowest BCUT2D eigenvalue weighted by atomic mass is 9.82. The van der Waals surface area contributed by atoms with Crippen LogP contribution in [-0.4, -0.2) is 45.8 Å². The summed E-state index contributed by atoms with van der Waals surface area (Å²) in [4.78, 5) is 17.4. The molecule has 1 amide bonds. The number of aromatic nitrogens is 3. The van der Waals surface area contributed by atoms with Gasteiger partial charge in [0, 0.05) is 47.9 Å². The van der Waals surface area contributed by atoms with Crippen molar-refractivity contribution in [1.29, 1.82) is 0 Å². The topological polar surface area (TPSA) is 60.2 Å². The van der Waals surface area contributed by atoms with E-state index >= 15 is 0 Å². The first-order chi connectivity index (χ1) is 13.6. The molecule has 1 aromatic carbocycles. The van der Waals surface area contributed by atoms with Gasteiger partial charge in [-0.2, -0.15) is 13.9 Å². The number of benzene rings is 1. The lowest BCUT2D eigenvalue weighted by Crippen LogP contribution is -2.28. The first kappa shape index (κ1) is 17.1. The summed E-state index contributed by atoms with van der Waals surface area (Å²) in [5.74, 6) is 0.104. The maximum Gasteiger partial charge on any atom is 0.387 e. The molecular weight excluding hydrogens is 366 g/mol. The number of hydrogen-bond acceptors (Lipinski definition) is 4. The van der Waals surface area contributed by atoms with Crippen molar-refractivity contribution in [3.8, 4) is 17.0 Å². The number of amides is 1. The third-order valence-electron chi connectivity index (χ3n) is 5.83. The minimum absolute atomic E-state index is 0.0191. The van der Waals surface area contributed by atoms with Crippen LogP contribution in [0, 0.1) is 0 Å². The van der Waals surface area contributed by atoms with E-state index in [2.05, 4.69) is 15.8 Å². The number of rotatable bonds is 4. The standard InChI is InChI=1S/C20H18F2N4O2/c21-19(22)28-15-1-2-16-13(8-15)7-14(10-23-16)17-9-18-20(4-6-26(18)24-17)3-5-25(11-20)12-27/h1-2,7-10,12,19H,3-6,11H2. The van der Waals surface area contributed by atoms with Crippen molar-refractivity contribution in [3.05, 3.63) is 42.2 Å². The van der Waals surface area contributed by atoms with Crippen molar-refractivity contribution in [2.75, 3.05) is 13.1 Å². The van der Waals surface area contributed by atoms with Crippen molar-refractivity contribution in [2.24, 2.45) is 0 Å². The number of pyridine rings is 1. The third kappa shape index (κ3) is 2.71. The lowest BCUT2D eigenvalue weighted by molar-refractivity contribution is -0.117. The predicted octanol–water partition coefficient (Wildman–Crippen LogP) is 3.20. The quantitative estimate of drug-likeness (QED) is 0.648. The molecule has 0 saturated carbocycles. The van der Waals surface area contributed by atoms with E-state index in [-0.39, 0.29) is 11.2 Å². The van der Waals surface area contributed by atoms with E-state index in [0.717, 1.165) is 55.8 Å². The largest absolute Gasteiger partial charge is 0.435 e. The van der Waals surface area contributed by atoms with Gasteiger partial charge >= 0.3 is 6.61 Å². The molecule has 1 atom stereocenters. The van der Waals surface area contributed by atoms with E-state index in [0.29, 0.717) is 10.9 Å². The molecule has 1 spiro atoms. The Morgan fingerprint density at radius 3 is 2.82 bits per heavy atom. The fourth-order valence-electron chi connectivity index (χ4n) is 4.44. The fraction of sp³-hybridized carbons (Fsp3) is 0.350. The highest BCUT2D eigenvalue weighted by Gasteiger charge is 2.45. The van der Waals surface area contributed by atoms with Crippen LogP contribution in [0.1, 0.15) is 18.5 Å². The van der Waals surface area contributed by atoms with Crippen LogP contribution in [0.2, 0.25) is 0 Å². The maximum atomic E-state index is 12.5. The molecule has 8 heteroatoms. The molecule has 144 valence electrons. The van der Waals surface area contributed by atoms with E-state index in [1.807, 2.05) is 15.6 Å². The molecule has 4 heterocycles. The van der Waals surface area contributed by atoms with Crippen molar-refractivity contribution in [2.45, 2.75) is 31.4 Å². The second-order valence-corrected chi connectivity index (χ2v) is 7.45. The molecule has 1 unspecified atom stereocenters. The fourth-order valence-corrected chi connectivity index (χ4v) is 4.44. The summed E-state index contributed by atoms with van der Waals surface area (Å²) in [6, 6.07) is 8.66. The van der Waals surface area contributed by atoms with E-state index in [1.54, 1.807) is 18.3 Å². The molecule has 0 radical (unpaired) electrons. The minimum atomic E-state index is -2.86. The molecule has 2 aliphatic heterocycles. The first-order valence-corrected chi connectivity index (χ1v) is 9.19. The van der Waals surface area contributed by atoms with E-state index < -0.39 is 6.61 Å². The van der Waals surface area contributed by atoms with E-state index in [1.165, 1.54) is 6.07 Å². The number of carbonyl (C=O) groups excluding carboxylic acids is 1. The van der Waals surface area contributed by atoms with Crippen LogP contribution in [0.15, 0.2) is 36.5 Å². The number of aryl methyl sites for hydroxylation is 1. The van der Waals surface area contributed by atoms with Gasteiger partial charge in [0.2, 0.25) is 6.41 Å². The molecule has 2 aliphatic rings. The van der Waals surface area contributed by atoms with Crippen LogP contribution in [0.4, 0.5) is 8.78 Å². The Labute approximate surface area is 159 Å². The van der Waals surface area contributed by atoms with Crippen LogP contribution < -0.4 is 4.74 Å². The molecule has 6 nitrogen and oxygen atoms in total. The summed E-state index contributed by atoms with van der Waals surface area (Å²) in [6.45, 7) is -0.534. The number of carbonyl (C=O) groups is 1. The highest BCUT2D eigenvalue weighted by Crippen LogP contribution is 2.43. The summed E-state index contributed by atoms with van der Waals surface area (Å²) in [5.41, 5.74) is 3.46. The summed E-state index contributed by atoms with van der Waals surface area (Å²) in [6.07, 6.45) is 4.60. The second-order valence-electron chi connectivity index (χ2n) is 7.45. The Kier molecular flexibility index (Phi) is 3.82. The van der Waals surface area contributed by atoms with Gasteiger partial charge in [0.1, 0.15) is 5.75 Å². The Hall–Kier alpha value is -3.03. The van der Waals surface area contributed by atoms with Gasteiger partial charge in [-0.1, -0.05) is 0 Å². The smallest absolute Gasteiger partial charge is 0.387 e. The SMILES string of the molecule is O=CN1CCC2(CCn3nc(-c4cnc5ccc(OC(F)F)cc5c4)cc32)C1. The normalized spacial score (nSPS) is 21.0. The molecule has 1 saturated heterocycles. The zero-order valence-corrected chi connectivity index (χ0v) is 15.0. The molecule has 2 aromatic heterocycles. The zero-order valence-electron chi connectivity index (χ0n) is 15.0. The zero-order chi connectivity index (χ0) is 19.3. The molecule has 0 bridgehead atoms. The van der Waals surface area contributed by atoms with Crippen LogP contribution in [-0.2, 0) is 16.8 Å². The van der Waals surface area contributed by atoms with Gasteiger partial charge in [0.05, 0.1) is 11.2 Å². The van der Waals surface area contributed by atoms with E-state index in [9.17, 15) is 13.6 Å². The predicted molar refractivity (Wildman–Crippen MR) is 98.1 cm³/mol. The van der Waals surface area contributed by atoms with Gasteiger partial charge in [-0.3, -0.25) is 14.5 Å². The average Bonchev–Trinajstić information content (AvgIpc) is 3.37. The Morgan fingerprint density at radius 1 is 1.18 bits per heavy atom. The highest BCUT2D eigenvalue weighted by atomic mass is 19.3. The molecule has 1 fully saturated rings. The van der Waals surface area contributed by atoms with Crippen LogP contribution >= 0.6 is 0 Å². The summed E-state index contributed by atoms with van der Waals surface area (Å²) in [7, 11) is 0. The average molecular weight is 384 g/mol. The summed E-state index contributed by atoms with van der Waals surface area (Å²) < 4.78 is 31.5. The van der Waals surface area contributed by atoms with Crippen LogP contribution in [0.3, 0.4) is 0 Å². The number of ether oxygens (including phenoxy) is 1. The second kappa shape index (κ2) is 6.25. The molecule has 28 heavy (non-hydrogen) atoms. The number of hydrogen-bond donors (Lipinski definition) is 0. The van der Waals surface area contributed by atoms with Gasteiger partial charge in [-0.25, -0.2) is 0 Å². The Morgan fingerprint density at radius 2 is 2.04 bits per heavy atom. The van der Waals surface area contributed by atoms with Crippen molar-refractivity contribution >= 4 is 17.3 Å². The van der Waals surface area contributed by atoms with Gasteiger partial charge < -0.3 is 9.64 Å². The van der Waals surface area contributed by atoms with E-state index in [4.69, 9.17) is 5.10 Å². The number of nitrogens with zero attached hydrogens (tertiary/aromatic N) is 4. The minimum Gasteiger partial charge on any atom is -0.435 e. The van der Waals surface area contributed by atoms with Crippen LogP contribution in [0.25, 0.3) is 22.2 Å². The lowest BCUT2D eigenvalue weighted by Gasteiger charge is -2.21. The number of alkyl halides is 2. The maximum absolute atomic E-state index is 12.5. The number of likely N-dealkylation sites (tertiary alicyclic amines) is 1. The Bertz CT molecular complexity index is 1070. The summed E-state index contributed by atoms with van der Waals surface area (Å²) in [5, 5.41) is 5.44. The summed E-state index contributed by atoms with van der Waals surface area (Å²) >= 11 is 0. The monoisotopic (exact) mass is 384 g/mol. The molecular formula is C20H18F2N4O2. The van der Waals surface area contributed by atoms with Gasteiger partial charge in [0.25, 0.3) is 0 Å². The Balaban J connectivity index is 1.50. The van der Waals surface area contributed by atoms with Crippen molar-refractivity contribution in [3.63, 3.8) is 0 Å². The molecule has 0 N–H and O–H groups in total. The number of halogens is 2. The van der Waals surface area contributed by atoms with Gasteiger partial charge in [-0.05, 0) is 43.2 Å². The molecule has 0 aliphatic carbocycles. The van der Waals surface area contributed by atoms with Gasteiger partial charge in [0.15, 0.2) is 0 Å². The first-order valence-electron chi connectivity index (χ1n) is 9.19. The third-order valence-corrected chi connectivity index (χ3v) is 5.83. The van der Waals surface area contributed by atoms with Crippen molar-refractivity contribution in [1.82, 2.24) is 19.7 Å². The number of fused-ring (bicyclic) bond motifs is 3.